The van der Waals surface area contributed by atoms with Crippen LogP contribution in [0.3, 0.4) is 0 Å². The number of aromatic nitrogens is 1. The van der Waals surface area contributed by atoms with E-state index in [1.54, 1.807) is 0 Å². The van der Waals surface area contributed by atoms with Crippen LogP contribution < -0.4 is 0 Å². The van der Waals surface area contributed by atoms with Crippen LogP contribution in [0.25, 0.3) is 5.57 Å². The number of hydrogen-bond donors (Lipinski definition) is 0. The monoisotopic (exact) mass is 266 g/mol. The highest BCUT2D eigenvalue weighted by Crippen LogP contribution is 2.35. The molecule has 2 aliphatic rings. The van der Waals surface area contributed by atoms with Crippen LogP contribution >= 0.6 is 0 Å². The second kappa shape index (κ2) is 5.25. The van der Waals surface area contributed by atoms with E-state index in [4.69, 9.17) is 0 Å². The summed E-state index contributed by atoms with van der Waals surface area (Å²) < 4.78 is 0. The minimum atomic E-state index is -0.339. The van der Waals surface area contributed by atoms with Crippen molar-refractivity contribution in [3.05, 3.63) is 75.7 Å². The Balaban J connectivity index is 2.21. The summed E-state index contributed by atoms with van der Waals surface area (Å²) in [4.78, 5) is 15.2. The van der Waals surface area contributed by atoms with Crippen molar-refractivity contribution >= 4 is 11.3 Å². The summed E-state index contributed by atoms with van der Waals surface area (Å²) in [7, 11) is 0. The molecule has 100 valence electrons. The molecule has 0 amide bonds. The molecule has 4 heteroatoms. The highest BCUT2D eigenvalue weighted by molar-refractivity contribution is 5.83. The average molecular weight is 266 g/mol. The van der Waals surface area contributed by atoms with Crippen LogP contribution in [0.2, 0.25) is 0 Å². The van der Waals surface area contributed by atoms with Crippen molar-refractivity contribution in [3.8, 4) is 0 Å². The van der Waals surface area contributed by atoms with Gasteiger partial charge in [0, 0.05) is 5.69 Å². The van der Waals surface area contributed by atoms with E-state index in [2.05, 4.69) is 4.98 Å². The molecule has 0 unspecified atom stereocenters. The van der Waals surface area contributed by atoms with Gasteiger partial charge in [-0.1, -0.05) is 42.5 Å². The van der Waals surface area contributed by atoms with Crippen LogP contribution in [0.4, 0.5) is 5.69 Å². The van der Waals surface area contributed by atoms with Crippen molar-refractivity contribution in [2.45, 2.75) is 19.3 Å². The minimum Gasteiger partial charge on any atom is -0.258 e. The summed E-state index contributed by atoms with van der Waals surface area (Å²) in [5.41, 5.74) is 3.74. The van der Waals surface area contributed by atoms with Crippen LogP contribution in [0, 0.1) is 10.1 Å². The number of fused-ring (bicyclic) bond motifs is 1. The Morgan fingerprint density at radius 3 is 2.75 bits per heavy atom. The van der Waals surface area contributed by atoms with Gasteiger partial charge < -0.3 is 0 Å². The molecule has 0 saturated carbocycles. The normalized spacial score (nSPS) is 19.7. The topological polar surface area (TPSA) is 56.0 Å². The van der Waals surface area contributed by atoms with Gasteiger partial charge >= 0.3 is 0 Å². The van der Waals surface area contributed by atoms with Crippen LogP contribution in [-0.2, 0) is 12.8 Å². The smallest absolute Gasteiger partial charge is 0.258 e. The summed E-state index contributed by atoms with van der Waals surface area (Å²) in [6, 6.07) is 0. The van der Waals surface area contributed by atoms with Crippen molar-refractivity contribution in [2.75, 3.05) is 0 Å². The Labute approximate surface area is 117 Å². The number of hydrogen-bond acceptors (Lipinski definition) is 3. The molecule has 0 aliphatic heterocycles. The lowest BCUT2D eigenvalue weighted by Crippen LogP contribution is -2.02. The molecule has 0 N–H and O–H groups in total. The molecule has 0 radical (unpaired) electrons. The van der Waals surface area contributed by atoms with Crippen LogP contribution in [0.15, 0.2) is 48.7 Å². The van der Waals surface area contributed by atoms with Gasteiger partial charge in [-0.2, -0.15) is 0 Å². The molecular weight excluding hydrogens is 252 g/mol. The summed E-state index contributed by atoms with van der Waals surface area (Å²) in [6.07, 6.45) is 17.6. The van der Waals surface area contributed by atoms with Gasteiger partial charge in [-0.25, -0.2) is 0 Å². The van der Waals surface area contributed by atoms with Crippen LogP contribution in [-0.4, -0.2) is 9.91 Å². The first kappa shape index (κ1) is 12.5. The van der Waals surface area contributed by atoms with Gasteiger partial charge in [-0.05, 0) is 30.4 Å². The number of nitrogens with zero attached hydrogens (tertiary/aromatic N) is 2. The van der Waals surface area contributed by atoms with Crippen molar-refractivity contribution in [2.24, 2.45) is 0 Å². The Morgan fingerprint density at radius 1 is 1.10 bits per heavy atom. The standard InChI is InChI=1S/C16H14N2O2/c19-18(20)15-11-17-14-10-6-9-13(14)16(15)12-7-4-2-1-3-5-8-12/h1-5,7-8,11H,6,9-10H2/b2-1-,3-1?,4-2?,5-3-,7-4?,8-5?,12-7?,12-8?. The van der Waals surface area contributed by atoms with E-state index in [1.807, 2.05) is 42.5 Å². The molecule has 1 aromatic rings. The number of aryl methyl sites for hydroxylation is 1. The molecule has 0 saturated heterocycles. The average Bonchev–Trinajstić information content (AvgIpc) is 2.85. The lowest BCUT2D eigenvalue weighted by molar-refractivity contribution is -0.385. The largest absolute Gasteiger partial charge is 0.295 e. The molecule has 1 aromatic heterocycles. The highest BCUT2D eigenvalue weighted by Gasteiger charge is 2.26. The van der Waals surface area contributed by atoms with Gasteiger partial charge in [-0.15, -0.1) is 0 Å². The summed E-state index contributed by atoms with van der Waals surface area (Å²) in [5.74, 6) is 0. The predicted molar refractivity (Wildman–Crippen MR) is 78.3 cm³/mol. The summed E-state index contributed by atoms with van der Waals surface area (Å²) in [6.45, 7) is 0. The molecule has 0 atom stereocenters. The Bertz CT molecular complexity index is 682. The first-order chi connectivity index (χ1) is 9.77. The number of pyridine rings is 1. The number of allylic oxidation sites excluding steroid dienone is 8. The van der Waals surface area contributed by atoms with E-state index in [-0.39, 0.29) is 10.6 Å². The van der Waals surface area contributed by atoms with E-state index in [1.165, 1.54) is 6.20 Å². The van der Waals surface area contributed by atoms with Gasteiger partial charge in [0.1, 0.15) is 6.20 Å². The number of rotatable bonds is 2. The molecule has 0 bridgehead atoms. The maximum absolute atomic E-state index is 11.3. The zero-order chi connectivity index (χ0) is 13.9. The summed E-state index contributed by atoms with van der Waals surface area (Å²) in [5, 5.41) is 11.3. The fourth-order valence-corrected chi connectivity index (χ4v) is 2.69. The van der Waals surface area contributed by atoms with Crippen molar-refractivity contribution < 1.29 is 4.92 Å². The maximum atomic E-state index is 11.3. The zero-order valence-electron chi connectivity index (χ0n) is 11.0. The molecule has 0 aromatic carbocycles. The van der Waals surface area contributed by atoms with Gasteiger partial charge in [0.15, 0.2) is 0 Å². The molecule has 2 aliphatic carbocycles. The Hall–Kier alpha value is -2.49. The molecule has 0 spiro atoms. The third kappa shape index (κ3) is 2.20. The number of nitro groups is 1. The van der Waals surface area contributed by atoms with Crippen molar-refractivity contribution in [3.63, 3.8) is 0 Å². The van der Waals surface area contributed by atoms with E-state index >= 15 is 0 Å². The molecule has 20 heavy (non-hydrogen) atoms. The molecule has 0 fully saturated rings. The minimum absolute atomic E-state index is 0.0968. The lowest BCUT2D eigenvalue weighted by Gasteiger charge is -2.10. The van der Waals surface area contributed by atoms with Gasteiger partial charge in [0.05, 0.1) is 10.5 Å². The van der Waals surface area contributed by atoms with E-state index in [0.717, 1.165) is 41.7 Å². The second-order valence-corrected chi connectivity index (χ2v) is 4.81. The predicted octanol–water partition coefficient (Wildman–Crippen LogP) is 3.54. The SMILES string of the molecule is O=[N+]([O-])c1cnc2c(c1C1=C/C=C\C=C/C=C1)CCC2. The van der Waals surface area contributed by atoms with E-state index in [9.17, 15) is 10.1 Å². The highest BCUT2D eigenvalue weighted by atomic mass is 16.6. The quantitative estimate of drug-likeness (QED) is 0.607. The van der Waals surface area contributed by atoms with E-state index < -0.39 is 0 Å². The Morgan fingerprint density at radius 2 is 1.90 bits per heavy atom. The van der Waals surface area contributed by atoms with Crippen molar-refractivity contribution in [1.29, 1.82) is 0 Å². The van der Waals surface area contributed by atoms with E-state index in [0.29, 0.717) is 0 Å². The van der Waals surface area contributed by atoms with Gasteiger partial charge in [-0.3, -0.25) is 15.1 Å². The molecule has 4 nitrogen and oxygen atoms in total. The maximum Gasteiger partial charge on any atom is 0.295 e. The summed E-state index contributed by atoms with van der Waals surface area (Å²) >= 11 is 0. The fourth-order valence-electron chi connectivity index (χ4n) is 2.69. The first-order valence-electron chi connectivity index (χ1n) is 6.64. The first-order valence-corrected chi connectivity index (χ1v) is 6.64. The van der Waals surface area contributed by atoms with Crippen LogP contribution in [0.5, 0.6) is 0 Å². The van der Waals surface area contributed by atoms with Gasteiger partial charge in [0.2, 0.25) is 0 Å². The fraction of sp³-hybridized carbons (Fsp3) is 0.188. The molecular formula is C16H14N2O2. The second-order valence-electron chi connectivity index (χ2n) is 4.81. The lowest BCUT2D eigenvalue weighted by atomic mass is 9.96. The third-order valence-corrected chi connectivity index (χ3v) is 3.57. The third-order valence-electron chi connectivity index (χ3n) is 3.57. The van der Waals surface area contributed by atoms with Crippen molar-refractivity contribution in [1.82, 2.24) is 4.98 Å². The van der Waals surface area contributed by atoms with Crippen LogP contribution in [0.1, 0.15) is 23.2 Å². The Kier molecular flexibility index (Phi) is 3.29. The molecule has 1 heterocycles. The molecule has 3 rings (SSSR count). The van der Waals surface area contributed by atoms with Gasteiger partial charge in [0.25, 0.3) is 5.69 Å². The zero-order valence-corrected chi connectivity index (χ0v) is 11.0.